The first-order valence-corrected chi connectivity index (χ1v) is 16.2. The normalized spacial score (nSPS) is 21.9. The Morgan fingerprint density at radius 2 is 1.82 bits per heavy atom. The number of aromatic nitrogens is 2. The molecule has 1 aliphatic carbocycles. The summed E-state index contributed by atoms with van der Waals surface area (Å²) in [4.78, 5) is 12.2. The largest absolute Gasteiger partial charge is 0.369 e. The number of rotatable bonds is 9. The number of anilines is 3. The highest BCUT2D eigenvalue weighted by molar-refractivity contribution is 7.91. The van der Waals surface area contributed by atoms with Crippen LogP contribution < -0.4 is 14.9 Å². The smallest absolute Gasteiger partial charge is 0.237 e. The zero-order valence-electron chi connectivity index (χ0n) is 25.3. The standard InChI is InChI=1S/C31H36F4N6O3S/c1-17(2)41-29-19(15-36-31(38-29)37-20-10-11-25(40(3)4)23(32)13-20)12-22(30(41)42)21-14-24(33)28(27(35)26(21)34)39-45(43,44)16-18-8-6-5-7-9-18/h5-9,12,14-15,17,20,23,25,30,39,42H,10-11,13,16H2,1-4H3,(H,36,37,38). The van der Waals surface area contributed by atoms with Gasteiger partial charge in [0.2, 0.25) is 16.0 Å². The first-order valence-electron chi connectivity index (χ1n) is 14.6. The van der Waals surface area contributed by atoms with Crippen molar-refractivity contribution in [3.63, 3.8) is 0 Å². The van der Waals surface area contributed by atoms with E-state index in [1.54, 1.807) is 32.0 Å². The van der Waals surface area contributed by atoms with Crippen molar-refractivity contribution < 1.29 is 31.1 Å². The van der Waals surface area contributed by atoms with Gasteiger partial charge in [0.15, 0.2) is 23.7 Å². The predicted molar refractivity (Wildman–Crippen MR) is 166 cm³/mol. The third kappa shape index (κ3) is 6.92. The van der Waals surface area contributed by atoms with Crippen molar-refractivity contribution in [3.8, 4) is 0 Å². The second-order valence-electron chi connectivity index (χ2n) is 11.9. The van der Waals surface area contributed by atoms with Gasteiger partial charge >= 0.3 is 0 Å². The van der Waals surface area contributed by atoms with Crippen molar-refractivity contribution in [3.05, 3.63) is 76.7 Å². The summed E-state index contributed by atoms with van der Waals surface area (Å²) in [7, 11) is -0.597. The van der Waals surface area contributed by atoms with Crippen molar-refractivity contribution in [1.82, 2.24) is 14.9 Å². The predicted octanol–water partition coefficient (Wildman–Crippen LogP) is 5.16. The van der Waals surface area contributed by atoms with E-state index in [2.05, 4.69) is 15.3 Å². The highest BCUT2D eigenvalue weighted by atomic mass is 32.2. The molecule has 14 heteroatoms. The fourth-order valence-corrected chi connectivity index (χ4v) is 7.09. The van der Waals surface area contributed by atoms with Gasteiger partial charge in [0.1, 0.15) is 17.7 Å². The Bertz CT molecular complexity index is 1690. The van der Waals surface area contributed by atoms with Crippen LogP contribution in [0.1, 0.15) is 49.8 Å². The quantitative estimate of drug-likeness (QED) is 0.216. The first-order chi connectivity index (χ1) is 21.3. The molecule has 242 valence electrons. The van der Waals surface area contributed by atoms with E-state index >= 15 is 13.2 Å². The number of hydrogen-bond acceptors (Lipinski definition) is 8. The van der Waals surface area contributed by atoms with E-state index in [1.807, 2.05) is 23.7 Å². The summed E-state index contributed by atoms with van der Waals surface area (Å²) in [6.45, 7) is 3.51. The van der Waals surface area contributed by atoms with Gasteiger partial charge in [0.25, 0.3) is 0 Å². The lowest BCUT2D eigenvalue weighted by molar-refractivity contribution is 0.109. The molecule has 5 rings (SSSR count). The van der Waals surface area contributed by atoms with Gasteiger partial charge in [-0.2, -0.15) is 4.98 Å². The molecule has 0 amide bonds. The van der Waals surface area contributed by atoms with Crippen molar-refractivity contribution >= 4 is 39.1 Å². The van der Waals surface area contributed by atoms with Gasteiger partial charge in [-0.3, -0.25) is 4.72 Å². The minimum Gasteiger partial charge on any atom is -0.369 e. The van der Waals surface area contributed by atoms with Crippen molar-refractivity contribution in [1.29, 1.82) is 0 Å². The van der Waals surface area contributed by atoms with E-state index in [-0.39, 0.29) is 30.0 Å². The van der Waals surface area contributed by atoms with E-state index in [1.165, 1.54) is 29.3 Å². The summed E-state index contributed by atoms with van der Waals surface area (Å²) in [5, 5.41) is 14.5. The van der Waals surface area contributed by atoms with Gasteiger partial charge < -0.3 is 20.2 Å². The van der Waals surface area contributed by atoms with Crippen LogP contribution in [0, 0.1) is 17.5 Å². The summed E-state index contributed by atoms with van der Waals surface area (Å²) in [6, 6.07) is 7.85. The topological polar surface area (TPSA) is 111 Å². The monoisotopic (exact) mass is 648 g/mol. The van der Waals surface area contributed by atoms with Crippen LogP contribution in [0.25, 0.3) is 11.6 Å². The van der Waals surface area contributed by atoms with Crippen LogP contribution in [0.5, 0.6) is 0 Å². The van der Waals surface area contributed by atoms with Crippen LogP contribution in [0.15, 0.2) is 42.6 Å². The Labute approximate surface area is 260 Å². The SMILES string of the molecule is CC(C)N1c2nc(NC3CCC(N(C)C)C(F)C3)ncc2C=C(c2cc(F)c(NS(=O)(=O)Cc3ccccc3)c(F)c2F)C1O. The molecular weight excluding hydrogens is 612 g/mol. The number of fused-ring (bicyclic) bond motifs is 1. The molecule has 2 aliphatic rings. The second-order valence-corrected chi connectivity index (χ2v) is 13.6. The Kier molecular flexibility index (Phi) is 9.38. The lowest BCUT2D eigenvalue weighted by Gasteiger charge is -2.38. The van der Waals surface area contributed by atoms with E-state index in [0.717, 1.165) is 0 Å². The first kappa shape index (κ1) is 32.6. The maximum absolute atomic E-state index is 15.5. The molecule has 2 aromatic carbocycles. The molecule has 3 aromatic rings. The molecule has 0 spiro atoms. The molecule has 0 bridgehead atoms. The average Bonchev–Trinajstić information content (AvgIpc) is 2.97. The van der Waals surface area contributed by atoms with Crippen LogP contribution in [0.3, 0.4) is 0 Å². The number of aliphatic hydroxyl groups is 1. The molecule has 1 aliphatic heterocycles. The Morgan fingerprint density at radius 1 is 1.11 bits per heavy atom. The summed E-state index contributed by atoms with van der Waals surface area (Å²) >= 11 is 0. The molecule has 2 heterocycles. The molecule has 45 heavy (non-hydrogen) atoms. The summed E-state index contributed by atoms with van der Waals surface area (Å²) in [5.74, 6) is -4.71. The van der Waals surface area contributed by atoms with E-state index in [9.17, 15) is 17.9 Å². The molecule has 0 radical (unpaired) electrons. The lowest BCUT2D eigenvalue weighted by Crippen LogP contribution is -2.45. The van der Waals surface area contributed by atoms with Crippen LogP contribution in [0.4, 0.5) is 35.0 Å². The van der Waals surface area contributed by atoms with Gasteiger partial charge in [0, 0.05) is 47.4 Å². The van der Waals surface area contributed by atoms with Gasteiger partial charge in [-0.15, -0.1) is 0 Å². The molecule has 4 unspecified atom stereocenters. The summed E-state index contributed by atoms with van der Waals surface area (Å²) in [5.41, 5.74) is -1.20. The maximum atomic E-state index is 15.5. The zero-order chi connectivity index (χ0) is 32.6. The number of benzene rings is 2. The van der Waals surface area contributed by atoms with Crippen LogP contribution >= 0.6 is 0 Å². The van der Waals surface area contributed by atoms with Gasteiger partial charge in [0.05, 0.1) is 5.75 Å². The molecule has 1 saturated carbocycles. The molecule has 9 nitrogen and oxygen atoms in total. The summed E-state index contributed by atoms with van der Waals surface area (Å²) < 4.78 is 87.8. The van der Waals surface area contributed by atoms with E-state index in [0.29, 0.717) is 35.9 Å². The Balaban J connectivity index is 1.43. The number of nitrogens with one attached hydrogen (secondary N) is 2. The Hall–Kier alpha value is -3.75. The third-order valence-electron chi connectivity index (χ3n) is 8.11. The number of sulfonamides is 1. The van der Waals surface area contributed by atoms with Crippen LogP contribution in [-0.2, 0) is 15.8 Å². The molecular formula is C31H36F4N6O3S. The number of hydrogen-bond donors (Lipinski definition) is 3. The van der Waals surface area contributed by atoms with Gasteiger partial charge in [-0.05, 0) is 58.5 Å². The fourth-order valence-electron chi connectivity index (χ4n) is 5.89. The van der Waals surface area contributed by atoms with Crippen LogP contribution in [0.2, 0.25) is 0 Å². The Morgan fingerprint density at radius 3 is 2.47 bits per heavy atom. The van der Waals surface area contributed by atoms with Crippen molar-refractivity contribution in [2.45, 2.75) is 69.4 Å². The average molecular weight is 649 g/mol. The molecule has 1 aromatic heterocycles. The van der Waals surface area contributed by atoms with E-state index < -0.39 is 62.9 Å². The number of aliphatic hydroxyl groups excluding tert-OH is 1. The lowest BCUT2D eigenvalue weighted by atomic mass is 9.89. The number of nitrogens with zero attached hydrogens (tertiary/aromatic N) is 4. The minimum absolute atomic E-state index is 0.166. The molecule has 1 fully saturated rings. The molecule has 3 N–H and O–H groups in total. The second kappa shape index (κ2) is 12.9. The maximum Gasteiger partial charge on any atom is 0.237 e. The van der Waals surface area contributed by atoms with E-state index in [4.69, 9.17) is 0 Å². The fraction of sp³-hybridized carbons (Fsp3) is 0.419. The third-order valence-corrected chi connectivity index (χ3v) is 9.34. The highest BCUT2D eigenvalue weighted by Crippen LogP contribution is 2.39. The number of halogens is 4. The van der Waals surface area contributed by atoms with Crippen molar-refractivity contribution in [2.24, 2.45) is 0 Å². The summed E-state index contributed by atoms with van der Waals surface area (Å²) in [6.07, 6.45) is 1.81. The number of alkyl halides is 1. The van der Waals surface area contributed by atoms with Crippen molar-refractivity contribution in [2.75, 3.05) is 29.0 Å². The van der Waals surface area contributed by atoms with Gasteiger partial charge in [-0.1, -0.05) is 30.3 Å². The molecule has 4 atom stereocenters. The zero-order valence-corrected chi connectivity index (χ0v) is 26.1. The molecule has 0 saturated heterocycles. The highest BCUT2D eigenvalue weighted by Gasteiger charge is 2.36. The van der Waals surface area contributed by atoms with Crippen LogP contribution in [-0.4, -0.2) is 73.0 Å². The van der Waals surface area contributed by atoms with Gasteiger partial charge in [-0.25, -0.2) is 31.0 Å². The minimum atomic E-state index is -4.30.